The number of rotatable bonds is 3. The lowest BCUT2D eigenvalue weighted by Gasteiger charge is -2.18. The molecule has 1 unspecified atom stereocenters. The summed E-state index contributed by atoms with van der Waals surface area (Å²) < 4.78 is 25.3. The quantitative estimate of drug-likeness (QED) is 0.869. The SMILES string of the molecule is CC(N)c1csc(NS(=O)(=O)C(C)(C)C)n1. The van der Waals surface area contributed by atoms with Gasteiger partial charge in [-0.1, -0.05) is 0 Å². The normalized spacial score (nSPS) is 14.8. The second-order valence-electron chi connectivity index (χ2n) is 4.58. The molecule has 3 N–H and O–H groups in total. The van der Waals surface area contributed by atoms with Crippen molar-refractivity contribution in [1.29, 1.82) is 0 Å². The van der Waals surface area contributed by atoms with E-state index in [1.165, 1.54) is 11.3 Å². The second-order valence-corrected chi connectivity index (χ2v) is 7.88. The van der Waals surface area contributed by atoms with Crippen LogP contribution < -0.4 is 10.5 Å². The van der Waals surface area contributed by atoms with Crippen molar-refractivity contribution in [2.45, 2.75) is 38.5 Å². The summed E-state index contributed by atoms with van der Waals surface area (Å²) in [7, 11) is -3.41. The fourth-order valence-electron chi connectivity index (χ4n) is 0.810. The maximum atomic E-state index is 11.8. The van der Waals surface area contributed by atoms with Crippen molar-refractivity contribution >= 4 is 26.5 Å². The van der Waals surface area contributed by atoms with Crippen LogP contribution >= 0.6 is 11.3 Å². The molecule has 0 aliphatic heterocycles. The maximum Gasteiger partial charge on any atom is 0.239 e. The highest BCUT2D eigenvalue weighted by molar-refractivity contribution is 7.94. The van der Waals surface area contributed by atoms with Crippen molar-refractivity contribution in [3.05, 3.63) is 11.1 Å². The number of nitrogens with two attached hydrogens (primary N) is 1. The molecule has 0 spiro atoms. The van der Waals surface area contributed by atoms with Gasteiger partial charge in [0.25, 0.3) is 0 Å². The topological polar surface area (TPSA) is 85.1 Å². The van der Waals surface area contributed by atoms with Crippen molar-refractivity contribution in [1.82, 2.24) is 4.98 Å². The molecule has 1 rings (SSSR count). The molecule has 1 aromatic heterocycles. The Morgan fingerprint density at radius 2 is 2.06 bits per heavy atom. The van der Waals surface area contributed by atoms with E-state index in [9.17, 15) is 8.42 Å². The van der Waals surface area contributed by atoms with Crippen LogP contribution in [0.3, 0.4) is 0 Å². The van der Waals surface area contributed by atoms with Crippen molar-refractivity contribution in [2.24, 2.45) is 5.73 Å². The Balaban J connectivity index is 2.90. The van der Waals surface area contributed by atoms with Gasteiger partial charge in [-0.05, 0) is 27.7 Å². The van der Waals surface area contributed by atoms with E-state index in [0.29, 0.717) is 10.8 Å². The van der Waals surface area contributed by atoms with E-state index in [4.69, 9.17) is 5.73 Å². The Labute approximate surface area is 100 Å². The first-order valence-electron chi connectivity index (χ1n) is 4.87. The third kappa shape index (κ3) is 2.93. The van der Waals surface area contributed by atoms with Crippen molar-refractivity contribution < 1.29 is 8.42 Å². The van der Waals surface area contributed by atoms with E-state index in [0.717, 1.165) is 0 Å². The molecule has 0 aliphatic carbocycles. The fourth-order valence-corrected chi connectivity index (χ4v) is 2.57. The number of hydrogen-bond donors (Lipinski definition) is 2. The molecule has 1 atom stereocenters. The van der Waals surface area contributed by atoms with Crippen LogP contribution in [0.4, 0.5) is 5.13 Å². The van der Waals surface area contributed by atoms with E-state index >= 15 is 0 Å². The first-order valence-corrected chi connectivity index (χ1v) is 7.23. The van der Waals surface area contributed by atoms with Crippen molar-refractivity contribution in [3.8, 4) is 0 Å². The summed E-state index contributed by atoms with van der Waals surface area (Å²) >= 11 is 1.24. The molecule has 0 saturated carbocycles. The third-order valence-electron chi connectivity index (χ3n) is 2.02. The molecule has 7 heteroatoms. The molecule has 16 heavy (non-hydrogen) atoms. The summed E-state index contributed by atoms with van der Waals surface area (Å²) in [5.74, 6) is 0. The Kier molecular flexibility index (Phi) is 3.61. The summed E-state index contributed by atoms with van der Waals surface area (Å²) in [6, 6.07) is -0.191. The minimum absolute atomic E-state index is 0.191. The molecule has 0 saturated heterocycles. The van der Waals surface area contributed by atoms with Gasteiger partial charge in [0.1, 0.15) is 0 Å². The number of thiazole rings is 1. The summed E-state index contributed by atoms with van der Waals surface area (Å²) in [6.07, 6.45) is 0. The minimum Gasteiger partial charge on any atom is -0.323 e. The largest absolute Gasteiger partial charge is 0.323 e. The molecule has 0 aliphatic rings. The van der Waals surface area contributed by atoms with Gasteiger partial charge in [-0.15, -0.1) is 11.3 Å². The number of anilines is 1. The fraction of sp³-hybridized carbons (Fsp3) is 0.667. The van der Waals surface area contributed by atoms with Gasteiger partial charge in [-0.3, -0.25) is 4.72 Å². The highest BCUT2D eigenvalue weighted by atomic mass is 32.2. The molecular weight excluding hydrogens is 246 g/mol. The van der Waals surface area contributed by atoms with E-state index in [1.807, 2.05) is 0 Å². The highest BCUT2D eigenvalue weighted by Crippen LogP contribution is 2.24. The van der Waals surface area contributed by atoms with Gasteiger partial charge in [0, 0.05) is 11.4 Å². The predicted octanol–water partition coefficient (Wildman–Crippen LogP) is 1.70. The lowest BCUT2D eigenvalue weighted by molar-refractivity contribution is 0.566. The average molecular weight is 263 g/mol. The van der Waals surface area contributed by atoms with Gasteiger partial charge in [0.2, 0.25) is 10.0 Å². The zero-order valence-electron chi connectivity index (χ0n) is 9.81. The number of nitrogens with zero attached hydrogens (tertiary/aromatic N) is 1. The molecule has 0 bridgehead atoms. The summed E-state index contributed by atoms with van der Waals surface area (Å²) in [4.78, 5) is 4.11. The van der Waals surface area contributed by atoms with Crippen molar-refractivity contribution in [2.75, 3.05) is 4.72 Å². The number of aromatic nitrogens is 1. The lowest BCUT2D eigenvalue weighted by Crippen LogP contribution is -2.33. The minimum atomic E-state index is -3.41. The maximum absolute atomic E-state index is 11.8. The molecule has 0 radical (unpaired) electrons. The van der Waals surface area contributed by atoms with Crippen LogP contribution in [-0.4, -0.2) is 18.1 Å². The van der Waals surface area contributed by atoms with E-state index < -0.39 is 14.8 Å². The molecule has 5 nitrogen and oxygen atoms in total. The van der Waals surface area contributed by atoms with E-state index in [1.54, 1.807) is 33.1 Å². The van der Waals surface area contributed by atoms with Crippen LogP contribution in [0.15, 0.2) is 5.38 Å². The third-order valence-corrected chi connectivity index (χ3v) is 5.00. The zero-order valence-corrected chi connectivity index (χ0v) is 11.4. The highest BCUT2D eigenvalue weighted by Gasteiger charge is 2.29. The van der Waals surface area contributed by atoms with Crippen LogP contribution in [-0.2, 0) is 10.0 Å². The number of nitrogens with one attached hydrogen (secondary N) is 1. The Morgan fingerprint density at radius 1 is 1.50 bits per heavy atom. The number of hydrogen-bond acceptors (Lipinski definition) is 5. The van der Waals surface area contributed by atoms with Gasteiger partial charge in [0.05, 0.1) is 10.4 Å². The molecular formula is C9H17N3O2S2. The standard InChI is InChI=1S/C9H17N3O2S2/c1-6(10)7-5-15-8(11-7)12-16(13,14)9(2,3)4/h5-6H,10H2,1-4H3,(H,11,12). The predicted molar refractivity (Wildman–Crippen MR) is 67.0 cm³/mol. The van der Waals surface area contributed by atoms with E-state index in [-0.39, 0.29) is 6.04 Å². The Bertz CT molecular complexity index is 457. The van der Waals surface area contributed by atoms with Gasteiger partial charge in [0.15, 0.2) is 5.13 Å². The Morgan fingerprint density at radius 3 is 2.44 bits per heavy atom. The van der Waals surface area contributed by atoms with Crippen LogP contribution in [0.5, 0.6) is 0 Å². The molecule has 1 heterocycles. The second kappa shape index (κ2) is 4.31. The number of sulfonamides is 1. The Hall–Kier alpha value is -0.660. The van der Waals surface area contributed by atoms with Gasteiger partial charge < -0.3 is 5.73 Å². The van der Waals surface area contributed by atoms with Crippen LogP contribution in [0.2, 0.25) is 0 Å². The first-order chi connectivity index (χ1) is 7.13. The molecule has 1 aromatic rings. The summed E-state index contributed by atoms with van der Waals surface area (Å²) in [5, 5.41) is 2.12. The van der Waals surface area contributed by atoms with E-state index in [2.05, 4.69) is 9.71 Å². The van der Waals surface area contributed by atoms with Gasteiger partial charge in [-0.2, -0.15) is 0 Å². The summed E-state index contributed by atoms with van der Waals surface area (Å²) in [5.41, 5.74) is 6.33. The monoisotopic (exact) mass is 263 g/mol. The molecule has 0 aromatic carbocycles. The molecule has 92 valence electrons. The first kappa shape index (κ1) is 13.4. The van der Waals surface area contributed by atoms with Gasteiger partial charge in [-0.25, -0.2) is 13.4 Å². The van der Waals surface area contributed by atoms with Gasteiger partial charge >= 0.3 is 0 Å². The van der Waals surface area contributed by atoms with Crippen LogP contribution in [0.1, 0.15) is 39.4 Å². The zero-order chi connectivity index (χ0) is 12.6. The van der Waals surface area contributed by atoms with Crippen LogP contribution in [0.25, 0.3) is 0 Å². The van der Waals surface area contributed by atoms with Crippen molar-refractivity contribution in [3.63, 3.8) is 0 Å². The molecule has 0 fully saturated rings. The molecule has 0 amide bonds. The smallest absolute Gasteiger partial charge is 0.239 e. The van der Waals surface area contributed by atoms with Crippen LogP contribution in [0, 0.1) is 0 Å². The summed E-state index contributed by atoms with van der Waals surface area (Å²) in [6.45, 7) is 6.71. The lowest BCUT2D eigenvalue weighted by atomic mass is 10.3. The average Bonchev–Trinajstić information content (AvgIpc) is 2.49.